The van der Waals surface area contributed by atoms with Gasteiger partial charge in [0, 0.05) is 13.0 Å². The number of ether oxygens (including phenoxy) is 1. The quantitative estimate of drug-likeness (QED) is 0.672. The Kier molecular flexibility index (Phi) is 4.82. The smallest absolute Gasteiger partial charge is 0.372 e. The van der Waals surface area contributed by atoms with Crippen LogP contribution in [0, 0.1) is 0 Å². The second-order valence-corrected chi connectivity index (χ2v) is 2.69. The molecule has 0 aromatic rings. The Balaban J connectivity index is 4.73. The van der Waals surface area contributed by atoms with Crippen LogP contribution in [-0.4, -0.2) is 31.2 Å². The molecule has 0 amide bonds. The van der Waals surface area contributed by atoms with Gasteiger partial charge in [0.1, 0.15) is 6.10 Å². The van der Waals surface area contributed by atoms with Crippen molar-refractivity contribution in [2.24, 2.45) is 0 Å². The maximum absolute atomic E-state index is 12.6. The highest BCUT2D eigenvalue weighted by Crippen LogP contribution is 2.41. The van der Waals surface area contributed by atoms with Gasteiger partial charge in [-0.1, -0.05) is 0 Å². The molecule has 15 heavy (non-hydrogen) atoms. The summed E-state index contributed by atoms with van der Waals surface area (Å²) in [4.78, 5) is 0. The molecule has 1 nitrogen and oxygen atoms in total. The number of halogens is 7. The van der Waals surface area contributed by atoms with E-state index in [0.717, 1.165) is 6.92 Å². The van der Waals surface area contributed by atoms with Gasteiger partial charge in [-0.2, -0.15) is 22.0 Å². The molecule has 8 heteroatoms. The van der Waals surface area contributed by atoms with Gasteiger partial charge in [-0.15, -0.1) is 0 Å². The van der Waals surface area contributed by atoms with E-state index in [2.05, 4.69) is 4.74 Å². The van der Waals surface area contributed by atoms with Crippen LogP contribution in [0.3, 0.4) is 0 Å². The summed E-state index contributed by atoms with van der Waals surface area (Å²) < 4.78 is 88.0. The summed E-state index contributed by atoms with van der Waals surface area (Å²) in [5.74, 6) is -5.26. The molecule has 0 saturated heterocycles. The lowest BCUT2D eigenvalue weighted by atomic mass is 10.1. The van der Waals surface area contributed by atoms with Crippen molar-refractivity contribution in [2.45, 2.75) is 38.0 Å². The first-order valence-electron chi connectivity index (χ1n) is 3.97. The van der Waals surface area contributed by atoms with E-state index >= 15 is 0 Å². The lowest BCUT2D eigenvalue weighted by Crippen LogP contribution is -2.49. The fourth-order valence-corrected chi connectivity index (χ4v) is 0.866. The zero-order valence-corrected chi connectivity index (χ0v) is 7.62. The van der Waals surface area contributed by atoms with Gasteiger partial charge in [-0.05, 0) is 6.92 Å². The molecule has 0 heterocycles. The molecule has 0 saturated carbocycles. The molecule has 0 fully saturated rings. The minimum absolute atomic E-state index is 0.497. The molecule has 0 aromatic carbocycles. The molecule has 1 atom stereocenters. The van der Waals surface area contributed by atoms with Gasteiger partial charge in [0.25, 0.3) is 0 Å². The van der Waals surface area contributed by atoms with Crippen LogP contribution in [-0.2, 0) is 4.74 Å². The average molecular weight is 242 g/mol. The summed E-state index contributed by atoms with van der Waals surface area (Å²) in [5, 5.41) is 0. The molecule has 0 rings (SSSR count). The number of rotatable bonds is 5. The predicted molar refractivity (Wildman–Crippen MR) is 37.0 cm³/mol. The number of hydrogen-bond acceptors (Lipinski definition) is 1. The van der Waals surface area contributed by atoms with Gasteiger partial charge >= 0.3 is 12.1 Å². The normalized spacial score (nSPS) is 15.8. The molecule has 0 aromatic heterocycles. The fourth-order valence-electron chi connectivity index (χ4n) is 0.866. The van der Waals surface area contributed by atoms with E-state index in [-0.39, 0.29) is 0 Å². The van der Waals surface area contributed by atoms with Crippen molar-refractivity contribution >= 4 is 0 Å². The minimum atomic E-state index is -5.89. The third-order valence-electron chi connectivity index (χ3n) is 1.54. The van der Waals surface area contributed by atoms with Crippen molar-refractivity contribution in [1.82, 2.24) is 0 Å². The highest BCUT2D eigenvalue weighted by molar-refractivity contribution is 4.85. The Bertz CT molecular complexity index is 188. The fraction of sp³-hybridized carbons (Fsp3) is 1.00. The van der Waals surface area contributed by atoms with Gasteiger partial charge < -0.3 is 4.74 Å². The summed E-state index contributed by atoms with van der Waals surface area (Å²) in [5.41, 5.74) is 0. The minimum Gasteiger partial charge on any atom is -0.372 e. The predicted octanol–water partition coefficient (Wildman–Crippen LogP) is 3.24. The molecule has 0 bridgehead atoms. The molecule has 1 unspecified atom stereocenters. The van der Waals surface area contributed by atoms with E-state index in [1.165, 1.54) is 0 Å². The van der Waals surface area contributed by atoms with Crippen LogP contribution >= 0.6 is 0 Å². The summed E-state index contributed by atoms with van der Waals surface area (Å²) in [6, 6.07) is 0. The number of hydrogen-bond donors (Lipinski definition) is 0. The standard InChI is InChI=1S/C7H9F7O/c1-2-15-4(3-5(8)9)6(10,11)7(12,13)14/h4-5H,2-3H2,1H3. The molecular formula is C7H9F7O. The van der Waals surface area contributed by atoms with Crippen LogP contribution in [0.25, 0.3) is 0 Å². The van der Waals surface area contributed by atoms with Crippen LogP contribution in [0.1, 0.15) is 13.3 Å². The van der Waals surface area contributed by atoms with Crippen molar-refractivity contribution in [3.8, 4) is 0 Å². The largest absolute Gasteiger partial charge is 0.456 e. The van der Waals surface area contributed by atoms with E-state index < -0.39 is 37.7 Å². The van der Waals surface area contributed by atoms with Crippen molar-refractivity contribution in [2.75, 3.05) is 6.61 Å². The van der Waals surface area contributed by atoms with Gasteiger partial charge in [0.05, 0.1) is 0 Å². The zero-order chi connectivity index (χ0) is 12.3. The second kappa shape index (κ2) is 5.00. The first-order chi connectivity index (χ1) is 6.63. The van der Waals surface area contributed by atoms with Crippen molar-refractivity contribution in [3.05, 3.63) is 0 Å². The monoisotopic (exact) mass is 242 g/mol. The Morgan fingerprint density at radius 3 is 1.80 bits per heavy atom. The third kappa shape index (κ3) is 3.84. The average Bonchev–Trinajstić information content (AvgIpc) is 2.00. The molecule has 92 valence electrons. The van der Waals surface area contributed by atoms with Crippen LogP contribution < -0.4 is 0 Å². The van der Waals surface area contributed by atoms with E-state index in [9.17, 15) is 30.7 Å². The van der Waals surface area contributed by atoms with E-state index in [0.29, 0.717) is 0 Å². The Morgan fingerprint density at radius 2 is 1.53 bits per heavy atom. The molecule has 0 spiro atoms. The first-order valence-corrected chi connectivity index (χ1v) is 3.97. The Morgan fingerprint density at radius 1 is 1.07 bits per heavy atom. The highest BCUT2D eigenvalue weighted by Gasteiger charge is 2.63. The molecule has 0 aliphatic carbocycles. The Labute approximate surface area is 81.2 Å². The third-order valence-corrected chi connectivity index (χ3v) is 1.54. The first kappa shape index (κ1) is 14.5. The van der Waals surface area contributed by atoms with Gasteiger partial charge in [-0.3, -0.25) is 0 Å². The molecule has 0 N–H and O–H groups in total. The summed E-state index contributed by atoms with van der Waals surface area (Å²) >= 11 is 0. The molecule has 0 aliphatic heterocycles. The maximum atomic E-state index is 12.6. The van der Waals surface area contributed by atoms with Crippen molar-refractivity contribution in [3.63, 3.8) is 0 Å². The van der Waals surface area contributed by atoms with E-state index in [4.69, 9.17) is 0 Å². The van der Waals surface area contributed by atoms with Gasteiger partial charge in [0.15, 0.2) is 0 Å². The summed E-state index contributed by atoms with van der Waals surface area (Å²) in [7, 11) is 0. The van der Waals surface area contributed by atoms with Gasteiger partial charge in [-0.25, -0.2) is 8.78 Å². The van der Waals surface area contributed by atoms with Crippen LogP contribution in [0.2, 0.25) is 0 Å². The lowest BCUT2D eigenvalue weighted by molar-refractivity contribution is -0.321. The topological polar surface area (TPSA) is 9.23 Å². The van der Waals surface area contributed by atoms with Crippen molar-refractivity contribution < 1.29 is 35.5 Å². The maximum Gasteiger partial charge on any atom is 0.456 e. The van der Waals surface area contributed by atoms with Crippen LogP contribution in [0.15, 0.2) is 0 Å². The highest BCUT2D eigenvalue weighted by atomic mass is 19.4. The summed E-state index contributed by atoms with van der Waals surface area (Å²) in [6.45, 7) is 0.647. The van der Waals surface area contributed by atoms with Crippen LogP contribution in [0.5, 0.6) is 0 Å². The summed E-state index contributed by atoms with van der Waals surface area (Å²) in [6.07, 6.45) is -13.7. The van der Waals surface area contributed by atoms with E-state index in [1.807, 2.05) is 0 Å². The number of alkyl halides is 7. The van der Waals surface area contributed by atoms with E-state index in [1.54, 1.807) is 0 Å². The lowest BCUT2D eigenvalue weighted by Gasteiger charge is -2.28. The Hall–Kier alpha value is -0.530. The van der Waals surface area contributed by atoms with Crippen LogP contribution in [0.4, 0.5) is 30.7 Å². The zero-order valence-electron chi connectivity index (χ0n) is 7.62. The van der Waals surface area contributed by atoms with Crippen molar-refractivity contribution in [1.29, 1.82) is 0 Å². The molecular weight excluding hydrogens is 233 g/mol. The molecule has 0 radical (unpaired) electrons. The SMILES string of the molecule is CCOC(CC(F)F)C(F)(F)C(F)(F)F. The van der Waals surface area contributed by atoms with Gasteiger partial charge in [0.2, 0.25) is 6.43 Å². The molecule has 0 aliphatic rings. The second-order valence-electron chi connectivity index (χ2n) is 2.69.